The zero-order chi connectivity index (χ0) is 17.9. The highest BCUT2D eigenvalue weighted by Gasteiger charge is 2.37. The second-order valence-electron chi connectivity index (χ2n) is 6.03. The lowest BCUT2D eigenvalue weighted by atomic mass is 10.1. The van der Waals surface area contributed by atoms with Crippen LogP contribution in [0.1, 0.15) is 12.5 Å². The summed E-state index contributed by atoms with van der Waals surface area (Å²) in [6, 6.07) is 6.72. The molecule has 0 spiro atoms. The number of hydrogen-bond donors (Lipinski definition) is 0. The van der Waals surface area contributed by atoms with E-state index >= 15 is 0 Å². The maximum atomic E-state index is 12.5. The molecule has 0 saturated carbocycles. The predicted octanol–water partition coefficient (Wildman–Crippen LogP) is 0.343. The summed E-state index contributed by atoms with van der Waals surface area (Å²) in [4.78, 5) is 41.0. The number of methoxy groups -OCH3 is 1. The van der Waals surface area contributed by atoms with Gasteiger partial charge in [0.2, 0.25) is 17.7 Å². The lowest BCUT2D eigenvalue weighted by Gasteiger charge is -2.38. The van der Waals surface area contributed by atoms with Gasteiger partial charge in [-0.1, -0.05) is 12.1 Å². The van der Waals surface area contributed by atoms with Crippen LogP contribution in [0.25, 0.3) is 0 Å². The van der Waals surface area contributed by atoms with E-state index in [4.69, 9.17) is 4.74 Å². The zero-order valence-electron chi connectivity index (χ0n) is 14.5. The number of likely N-dealkylation sites (N-methyl/N-ethyl adjacent to an activating group) is 1. The Hall–Kier alpha value is -2.57. The van der Waals surface area contributed by atoms with Crippen molar-refractivity contribution < 1.29 is 19.1 Å². The third-order valence-electron chi connectivity index (χ3n) is 4.12. The van der Waals surface area contributed by atoms with Gasteiger partial charge in [0.05, 0.1) is 7.11 Å². The molecule has 0 aromatic heterocycles. The van der Waals surface area contributed by atoms with Crippen LogP contribution in [-0.4, -0.2) is 72.8 Å². The van der Waals surface area contributed by atoms with Crippen LogP contribution in [0, 0.1) is 0 Å². The van der Waals surface area contributed by atoms with Crippen LogP contribution in [-0.2, 0) is 20.9 Å². The number of carbonyl (C=O) groups is 3. The van der Waals surface area contributed by atoms with Gasteiger partial charge in [0.1, 0.15) is 24.9 Å². The molecule has 1 fully saturated rings. The molecule has 1 aromatic rings. The van der Waals surface area contributed by atoms with E-state index in [-0.39, 0.29) is 30.8 Å². The Bertz CT molecular complexity index is 627. The Morgan fingerprint density at radius 3 is 2.42 bits per heavy atom. The molecule has 0 bridgehead atoms. The Morgan fingerprint density at radius 2 is 1.88 bits per heavy atom. The van der Waals surface area contributed by atoms with E-state index in [0.717, 1.165) is 11.3 Å². The first-order chi connectivity index (χ1) is 11.3. The van der Waals surface area contributed by atoms with Gasteiger partial charge in [-0.15, -0.1) is 0 Å². The van der Waals surface area contributed by atoms with E-state index in [1.807, 2.05) is 24.3 Å². The van der Waals surface area contributed by atoms with Gasteiger partial charge in [-0.25, -0.2) is 0 Å². The average Bonchev–Trinajstić information content (AvgIpc) is 2.56. The van der Waals surface area contributed by atoms with E-state index in [1.165, 1.54) is 14.7 Å². The zero-order valence-corrected chi connectivity index (χ0v) is 14.5. The number of benzene rings is 1. The topological polar surface area (TPSA) is 70.2 Å². The first-order valence-electron chi connectivity index (χ1n) is 7.74. The SMILES string of the molecule is COc1ccc(CN2CC(=O)N(CC(=O)N(C)C)[C@@H](C)C2=O)cc1. The van der Waals surface area contributed by atoms with Crippen molar-refractivity contribution in [1.82, 2.24) is 14.7 Å². The molecule has 24 heavy (non-hydrogen) atoms. The van der Waals surface area contributed by atoms with Crippen molar-refractivity contribution in [3.8, 4) is 5.75 Å². The fourth-order valence-electron chi connectivity index (χ4n) is 2.54. The highest BCUT2D eigenvalue weighted by Crippen LogP contribution is 2.17. The van der Waals surface area contributed by atoms with Crippen LogP contribution in [0.15, 0.2) is 24.3 Å². The lowest BCUT2D eigenvalue weighted by molar-refractivity contribution is -0.157. The van der Waals surface area contributed by atoms with E-state index in [1.54, 1.807) is 28.1 Å². The fraction of sp³-hybridized carbons (Fsp3) is 0.471. The molecule has 2 rings (SSSR count). The summed E-state index contributed by atoms with van der Waals surface area (Å²) in [6.45, 7) is 1.92. The predicted molar refractivity (Wildman–Crippen MR) is 88.3 cm³/mol. The van der Waals surface area contributed by atoms with Gasteiger partial charge in [0.15, 0.2) is 0 Å². The van der Waals surface area contributed by atoms with Crippen molar-refractivity contribution in [1.29, 1.82) is 0 Å². The fourth-order valence-corrected chi connectivity index (χ4v) is 2.54. The summed E-state index contributed by atoms with van der Waals surface area (Å²) < 4.78 is 5.11. The van der Waals surface area contributed by atoms with Crippen molar-refractivity contribution in [3.63, 3.8) is 0 Å². The first-order valence-corrected chi connectivity index (χ1v) is 7.74. The standard InChI is InChI=1S/C17H23N3O4/c1-12-17(23)19(9-13-5-7-14(24-4)8-6-13)10-16(22)20(12)11-15(21)18(2)3/h5-8,12H,9-11H2,1-4H3/t12-/m0/s1. The second-order valence-corrected chi connectivity index (χ2v) is 6.03. The van der Waals surface area contributed by atoms with Gasteiger partial charge in [0, 0.05) is 20.6 Å². The number of rotatable bonds is 5. The maximum Gasteiger partial charge on any atom is 0.245 e. The van der Waals surface area contributed by atoms with Gasteiger partial charge in [-0.05, 0) is 24.6 Å². The molecule has 0 unspecified atom stereocenters. The summed E-state index contributed by atoms with van der Waals surface area (Å²) >= 11 is 0. The highest BCUT2D eigenvalue weighted by atomic mass is 16.5. The van der Waals surface area contributed by atoms with Crippen LogP contribution in [0.3, 0.4) is 0 Å². The molecule has 130 valence electrons. The Morgan fingerprint density at radius 1 is 1.25 bits per heavy atom. The summed E-state index contributed by atoms with van der Waals surface area (Å²) in [7, 11) is 4.84. The van der Waals surface area contributed by atoms with Gasteiger partial charge in [0.25, 0.3) is 0 Å². The average molecular weight is 333 g/mol. The van der Waals surface area contributed by atoms with E-state index in [9.17, 15) is 14.4 Å². The lowest BCUT2D eigenvalue weighted by Crippen LogP contribution is -2.60. The van der Waals surface area contributed by atoms with Crippen molar-refractivity contribution in [2.45, 2.75) is 19.5 Å². The number of amides is 3. The van der Waals surface area contributed by atoms with Crippen molar-refractivity contribution >= 4 is 17.7 Å². The maximum absolute atomic E-state index is 12.5. The minimum Gasteiger partial charge on any atom is -0.497 e. The Balaban J connectivity index is 2.06. The number of piperazine rings is 1. The minimum absolute atomic E-state index is 0.0179. The van der Waals surface area contributed by atoms with Crippen LogP contribution < -0.4 is 4.74 Å². The molecular weight excluding hydrogens is 310 g/mol. The number of hydrogen-bond acceptors (Lipinski definition) is 4. The molecule has 1 aliphatic heterocycles. The van der Waals surface area contributed by atoms with Crippen molar-refractivity contribution in [3.05, 3.63) is 29.8 Å². The molecule has 0 N–H and O–H groups in total. The molecule has 1 aromatic carbocycles. The normalized spacial score (nSPS) is 17.9. The molecule has 1 saturated heterocycles. The van der Waals surface area contributed by atoms with Gasteiger partial charge >= 0.3 is 0 Å². The minimum atomic E-state index is -0.645. The second kappa shape index (κ2) is 7.33. The third-order valence-corrected chi connectivity index (χ3v) is 4.12. The van der Waals surface area contributed by atoms with E-state index in [2.05, 4.69) is 0 Å². The summed E-state index contributed by atoms with van der Waals surface area (Å²) in [6.07, 6.45) is 0. The first kappa shape index (κ1) is 17.8. The number of carbonyl (C=O) groups excluding carboxylic acids is 3. The van der Waals surface area contributed by atoms with Crippen molar-refractivity contribution in [2.75, 3.05) is 34.3 Å². The van der Waals surface area contributed by atoms with Crippen LogP contribution in [0.2, 0.25) is 0 Å². The van der Waals surface area contributed by atoms with E-state index < -0.39 is 6.04 Å². The van der Waals surface area contributed by atoms with Gasteiger partial charge in [-0.3, -0.25) is 14.4 Å². The van der Waals surface area contributed by atoms with Crippen LogP contribution >= 0.6 is 0 Å². The molecule has 1 atom stereocenters. The van der Waals surface area contributed by atoms with Crippen molar-refractivity contribution in [2.24, 2.45) is 0 Å². The molecule has 1 heterocycles. The highest BCUT2D eigenvalue weighted by molar-refractivity contribution is 5.96. The molecular formula is C17H23N3O4. The van der Waals surface area contributed by atoms with Gasteiger partial charge < -0.3 is 19.4 Å². The quantitative estimate of drug-likeness (QED) is 0.779. The summed E-state index contributed by atoms with van der Waals surface area (Å²) in [5, 5.41) is 0. The molecule has 1 aliphatic rings. The summed E-state index contributed by atoms with van der Waals surface area (Å²) in [5.41, 5.74) is 0.918. The third kappa shape index (κ3) is 3.84. The smallest absolute Gasteiger partial charge is 0.245 e. The van der Waals surface area contributed by atoms with E-state index in [0.29, 0.717) is 6.54 Å². The molecule has 7 nitrogen and oxygen atoms in total. The molecule has 0 aliphatic carbocycles. The molecule has 3 amide bonds. The Labute approximate surface area is 141 Å². The van der Waals surface area contributed by atoms with Crippen LogP contribution in [0.5, 0.6) is 5.75 Å². The molecule has 7 heteroatoms. The summed E-state index contributed by atoms with van der Waals surface area (Å²) in [5.74, 6) is 0.163. The van der Waals surface area contributed by atoms with Gasteiger partial charge in [-0.2, -0.15) is 0 Å². The number of nitrogens with zero attached hydrogens (tertiary/aromatic N) is 3. The molecule has 0 radical (unpaired) electrons. The largest absolute Gasteiger partial charge is 0.497 e. The Kier molecular flexibility index (Phi) is 5.43. The van der Waals surface area contributed by atoms with Crippen LogP contribution in [0.4, 0.5) is 0 Å². The monoisotopic (exact) mass is 333 g/mol. The number of ether oxygens (including phenoxy) is 1.